The maximum atomic E-state index is 5.16. The minimum absolute atomic E-state index is 0.377. The van der Waals surface area contributed by atoms with E-state index in [1.807, 2.05) is 7.05 Å². The highest BCUT2D eigenvalue weighted by Gasteiger charge is 2.19. The maximum Gasteiger partial charge on any atom is 0.0465 e. The van der Waals surface area contributed by atoms with Crippen LogP contribution in [0.2, 0.25) is 0 Å². The van der Waals surface area contributed by atoms with Crippen LogP contribution in [0.5, 0.6) is 0 Å². The van der Waals surface area contributed by atoms with Crippen molar-refractivity contribution in [2.45, 2.75) is 26.3 Å². The zero-order chi connectivity index (χ0) is 12.8. The average molecular weight is 300 g/mol. The van der Waals surface area contributed by atoms with E-state index in [1.54, 1.807) is 7.11 Å². The number of halogens is 1. The van der Waals surface area contributed by atoms with Crippen molar-refractivity contribution >= 4 is 15.9 Å². The molecule has 96 valence electrons. The van der Waals surface area contributed by atoms with Crippen LogP contribution in [0.4, 0.5) is 0 Å². The fraction of sp³-hybridized carbons (Fsp3) is 0.571. The van der Waals surface area contributed by atoms with Gasteiger partial charge in [0.1, 0.15) is 0 Å². The molecular weight excluding hydrogens is 278 g/mol. The van der Waals surface area contributed by atoms with Crippen LogP contribution < -0.4 is 5.32 Å². The summed E-state index contributed by atoms with van der Waals surface area (Å²) in [4.78, 5) is 0. The third kappa shape index (κ3) is 4.09. The lowest BCUT2D eigenvalue weighted by Crippen LogP contribution is -2.25. The summed E-state index contributed by atoms with van der Waals surface area (Å²) in [6, 6.07) is 6.83. The highest BCUT2D eigenvalue weighted by molar-refractivity contribution is 9.10. The predicted molar refractivity (Wildman–Crippen MR) is 76.3 cm³/mol. The summed E-state index contributed by atoms with van der Waals surface area (Å²) in [6.07, 6.45) is 1.06. The van der Waals surface area contributed by atoms with Gasteiger partial charge >= 0.3 is 0 Å². The summed E-state index contributed by atoms with van der Waals surface area (Å²) in [5, 5.41) is 3.42. The van der Waals surface area contributed by atoms with E-state index in [1.165, 1.54) is 11.1 Å². The Balaban J connectivity index is 2.88. The summed E-state index contributed by atoms with van der Waals surface area (Å²) in [5.41, 5.74) is 2.70. The number of nitrogens with one attached hydrogen (secondary N) is 1. The van der Waals surface area contributed by atoms with Gasteiger partial charge in [-0.15, -0.1) is 0 Å². The van der Waals surface area contributed by atoms with Gasteiger partial charge in [0.15, 0.2) is 0 Å². The van der Waals surface area contributed by atoms with Crippen LogP contribution in [0.15, 0.2) is 22.7 Å². The Bertz CT molecular complexity index is 354. The standard InChI is InChI=1S/C14H22BrNO/c1-10-5-6-12(15)9-13(10)14(16-3)11(2)7-8-17-4/h5-6,9,11,14,16H,7-8H2,1-4H3. The van der Waals surface area contributed by atoms with Gasteiger partial charge in [-0.25, -0.2) is 0 Å². The number of benzene rings is 1. The molecule has 1 N–H and O–H groups in total. The van der Waals surface area contributed by atoms with Crippen LogP contribution >= 0.6 is 15.9 Å². The molecule has 1 aromatic rings. The van der Waals surface area contributed by atoms with Gasteiger partial charge in [-0.05, 0) is 49.6 Å². The molecule has 17 heavy (non-hydrogen) atoms. The second kappa shape index (κ2) is 7.14. The lowest BCUT2D eigenvalue weighted by Gasteiger charge is -2.25. The second-order valence-corrected chi connectivity index (χ2v) is 5.44. The molecule has 0 aliphatic rings. The van der Waals surface area contributed by atoms with Crippen molar-refractivity contribution in [3.05, 3.63) is 33.8 Å². The number of rotatable bonds is 6. The molecule has 1 rings (SSSR count). The molecule has 1 aromatic carbocycles. The van der Waals surface area contributed by atoms with Crippen LogP contribution in [0, 0.1) is 12.8 Å². The van der Waals surface area contributed by atoms with Crippen molar-refractivity contribution in [1.29, 1.82) is 0 Å². The SMILES string of the molecule is CNC(c1cc(Br)ccc1C)C(C)CCOC. The molecule has 0 aromatic heterocycles. The van der Waals surface area contributed by atoms with Gasteiger partial charge in [0.05, 0.1) is 0 Å². The van der Waals surface area contributed by atoms with Gasteiger partial charge in [-0.1, -0.05) is 28.9 Å². The largest absolute Gasteiger partial charge is 0.385 e. The number of methoxy groups -OCH3 is 1. The third-order valence-electron chi connectivity index (χ3n) is 3.23. The minimum Gasteiger partial charge on any atom is -0.385 e. The summed E-state index contributed by atoms with van der Waals surface area (Å²) >= 11 is 3.54. The summed E-state index contributed by atoms with van der Waals surface area (Å²) in [6.45, 7) is 5.24. The first kappa shape index (κ1) is 14.7. The fourth-order valence-electron chi connectivity index (χ4n) is 2.16. The molecule has 0 bridgehead atoms. The van der Waals surface area contributed by atoms with E-state index < -0.39 is 0 Å². The smallest absolute Gasteiger partial charge is 0.0465 e. The maximum absolute atomic E-state index is 5.16. The van der Waals surface area contributed by atoms with Gasteiger partial charge in [-0.3, -0.25) is 0 Å². The highest BCUT2D eigenvalue weighted by atomic mass is 79.9. The molecule has 0 spiro atoms. The number of hydrogen-bond donors (Lipinski definition) is 1. The van der Waals surface area contributed by atoms with E-state index in [4.69, 9.17) is 4.74 Å². The molecule has 2 nitrogen and oxygen atoms in total. The lowest BCUT2D eigenvalue weighted by atomic mass is 9.90. The molecule has 0 radical (unpaired) electrons. The summed E-state index contributed by atoms with van der Waals surface area (Å²) in [5.74, 6) is 0.549. The molecular formula is C14H22BrNO. The minimum atomic E-state index is 0.377. The Morgan fingerprint density at radius 1 is 1.41 bits per heavy atom. The van der Waals surface area contributed by atoms with Crippen LogP contribution in [0.1, 0.15) is 30.5 Å². The molecule has 0 aliphatic heterocycles. The van der Waals surface area contributed by atoms with E-state index in [2.05, 4.69) is 53.3 Å². The van der Waals surface area contributed by atoms with Crippen molar-refractivity contribution < 1.29 is 4.74 Å². The fourth-order valence-corrected chi connectivity index (χ4v) is 2.54. The van der Waals surface area contributed by atoms with E-state index in [-0.39, 0.29) is 0 Å². The molecule has 0 aliphatic carbocycles. The van der Waals surface area contributed by atoms with E-state index in [0.29, 0.717) is 12.0 Å². The van der Waals surface area contributed by atoms with Crippen LogP contribution in [0.25, 0.3) is 0 Å². The van der Waals surface area contributed by atoms with Crippen molar-refractivity contribution in [3.8, 4) is 0 Å². The Hall–Kier alpha value is -0.380. The molecule has 3 heteroatoms. The van der Waals surface area contributed by atoms with Gasteiger partial charge in [-0.2, -0.15) is 0 Å². The number of ether oxygens (including phenoxy) is 1. The third-order valence-corrected chi connectivity index (χ3v) is 3.73. The summed E-state index contributed by atoms with van der Waals surface area (Å²) < 4.78 is 6.30. The van der Waals surface area contributed by atoms with E-state index >= 15 is 0 Å². The lowest BCUT2D eigenvalue weighted by molar-refractivity contribution is 0.171. The van der Waals surface area contributed by atoms with Crippen molar-refractivity contribution in [2.24, 2.45) is 5.92 Å². The number of hydrogen-bond acceptors (Lipinski definition) is 2. The van der Waals surface area contributed by atoms with Crippen molar-refractivity contribution in [2.75, 3.05) is 20.8 Å². The molecule has 0 fully saturated rings. The first-order valence-corrected chi connectivity index (χ1v) is 6.81. The zero-order valence-corrected chi connectivity index (χ0v) is 12.7. The van der Waals surface area contributed by atoms with Crippen LogP contribution in [-0.4, -0.2) is 20.8 Å². The van der Waals surface area contributed by atoms with E-state index in [0.717, 1.165) is 17.5 Å². The Morgan fingerprint density at radius 2 is 2.12 bits per heavy atom. The zero-order valence-electron chi connectivity index (χ0n) is 11.1. The van der Waals surface area contributed by atoms with Crippen molar-refractivity contribution in [1.82, 2.24) is 5.32 Å². The average Bonchev–Trinajstić information content (AvgIpc) is 2.32. The monoisotopic (exact) mass is 299 g/mol. The Labute approximate surface area is 113 Å². The first-order valence-electron chi connectivity index (χ1n) is 6.02. The van der Waals surface area contributed by atoms with Crippen LogP contribution in [0.3, 0.4) is 0 Å². The van der Waals surface area contributed by atoms with Gasteiger partial charge < -0.3 is 10.1 Å². The quantitative estimate of drug-likeness (QED) is 0.865. The predicted octanol–water partition coefficient (Wildman–Crippen LogP) is 3.69. The van der Waals surface area contributed by atoms with Gasteiger partial charge in [0.2, 0.25) is 0 Å². The second-order valence-electron chi connectivity index (χ2n) is 4.53. The van der Waals surface area contributed by atoms with Crippen LogP contribution in [-0.2, 0) is 4.74 Å². The molecule has 2 atom stereocenters. The Morgan fingerprint density at radius 3 is 2.71 bits per heavy atom. The molecule has 0 saturated carbocycles. The molecule has 2 unspecified atom stereocenters. The Kier molecular flexibility index (Phi) is 6.17. The van der Waals surface area contributed by atoms with Crippen molar-refractivity contribution in [3.63, 3.8) is 0 Å². The normalized spacial score (nSPS) is 14.6. The van der Waals surface area contributed by atoms with Gasteiger partial charge in [0.25, 0.3) is 0 Å². The topological polar surface area (TPSA) is 21.3 Å². The summed E-state index contributed by atoms with van der Waals surface area (Å²) in [7, 11) is 3.78. The molecule has 0 saturated heterocycles. The molecule has 0 heterocycles. The first-order chi connectivity index (χ1) is 8.10. The molecule has 0 amide bonds. The van der Waals surface area contributed by atoms with Gasteiger partial charge in [0, 0.05) is 24.2 Å². The highest BCUT2D eigenvalue weighted by Crippen LogP contribution is 2.29. The van der Waals surface area contributed by atoms with E-state index in [9.17, 15) is 0 Å². The number of aryl methyl sites for hydroxylation is 1.